The number of aromatic nitrogens is 1. The van der Waals surface area contributed by atoms with E-state index in [0.29, 0.717) is 4.88 Å². The summed E-state index contributed by atoms with van der Waals surface area (Å²) >= 11 is 7.25. The van der Waals surface area contributed by atoms with Crippen LogP contribution in [0.1, 0.15) is 29.4 Å². The van der Waals surface area contributed by atoms with Crippen LogP contribution in [0.5, 0.6) is 0 Å². The average molecular weight is 275 g/mol. The second-order valence-electron chi connectivity index (χ2n) is 4.09. The SMILES string of the molecule is CCN(CC1CC1)c1nc(Cl)c(C(=O)OC)s1. The Morgan fingerprint density at radius 1 is 1.65 bits per heavy atom. The molecule has 1 aliphatic rings. The van der Waals surface area contributed by atoms with Crippen LogP contribution in [-0.4, -0.2) is 31.2 Å². The van der Waals surface area contributed by atoms with Gasteiger partial charge in [-0.15, -0.1) is 0 Å². The van der Waals surface area contributed by atoms with Crippen LogP contribution in [0.25, 0.3) is 0 Å². The Labute approximate surface area is 110 Å². The highest BCUT2D eigenvalue weighted by molar-refractivity contribution is 7.18. The largest absolute Gasteiger partial charge is 0.465 e. The van der Waals surface area contributed by atoms with E-state index in [0.717, 1.165) is 24.1 Å². The highest BCUT2D eigenvalue weighted by Gasteiger charge is 2.26. The van der Waals surface area contributed by atoms with Crippen LogP contribution in [0.3, 0.4) is 0 Å². The van der Waals surface area contributed by atoms with Gasteiger partial charge < -0.3 is 9.64 Å². The first-order chi connectivity index (χ1) is 8.15. The molecule has 0 spiro atoms. The maximum atomic E-state index is 11.4. The zero-order chi connectivity index (χ0) is 12.4. The van der Waals surface area contributed by atoms with E-state index in [4.69, 9.17) is 11.6 Å². The molecule has 1 aromatic rings. The second kappa shape index (κ2) is 5.23. The van der Waals surface area contributed by atoms with Gasteiger partial charge in [0.15, 0.2) is 15.2 Å². The number of thiazole rings is 1. The maximum Gasteiger partial charge on any atom is 0.351 e. The average Bonchev–Trinajstić information content (AvgIpc) is 3.07. The quantitative estimate of drug-likeness (QED) is 0.775. The fraction of sp³-hybridized carbons (Fsp3) is 0.636. The lowest BCUT2D eigenvalue weighted by atomic mass is 10.4. The third-order valence-electron chi connectivity index (χ3n) is 2.77. The number of rotatable bonds is 5. The molecule has 6 heteroatoms. The predicted molar refractivity (Wildman–Crippen MR) is 69.1 cm³/mol. The van der Waals surface area contributed by atoms with Crippen molar-refractivity contribution in [1.29, 1.82) is 0 Å². The van der Waals surface area contributed by atoms with Crippen molar-refractivity contribution in [3.8, 4) is 0 Å². The lowest BCUT2D eigenvalue weighted by Gasteiger charge is -2.18. The molecule has 1 saturated carbocycles. The number of hydrogen-bond donors (Lipinski definition) is 0. The lowest BCUT2D eigenvalue weighted by molar-refractivity contribution is 0.0606. The van der Waals surface area contributed by atoms with Gasteiger partial charge >= 0.3 is 5.97 Å². The molecule has 0 aliphatic heterocycles. The van der Waals surface area contributed by atoms with Crippen LogP contribution in [0.4, 0.5) is 5.13 Å². The number of halogens is 1. The van der Waals surface area contributed by atoms with Gasteiger partial charge in [0.2, 0.25) is 0 Å². The number of carbonyl (C=O) groups is 1. The summed E-state index contributed by atoms with van der Waals surface area (Å²) in [5.74, 6) is 0.362. The molecule has 0 atom stereocenters. The van der Waals surface area contributed by atoms with Crippen LogP contribution in [0.15, 0.2) is 0 Å². The highest BCUT2D eigenvalue weighted by atomic mass is 35.5. The summed E-state index contributed by atoms with van der Waals surface area (Å²) in [7, 11) is 1.35. The van der Waals surface area contributed by atoms with Gasteiger partial charge in [0.25, 0.3) is 0 Å². The highest BCUT2D eigenvalue weighted by Crippen LogP contribution is 2.34. The molecule has 1 fully saturated rings. The van der Waals surface area contributed by atoms with Crippen LogP contribution in [0.2, 0.25) is 5.15 Å². The molecule has 0 N–H and O–H groups in total. The molecule has 0 saturated heterocycles. The molecular formula is C11H15ClN2O2S. The zero-order valence-corrected chi connectivity index (χ0v) is 11.5. The molecule has 2 rings (SSSR count). The van der Waals surface area contributed by atoms with Gasteiger partial charge in [-0.05, 0) is 25.7 Å². The number of carbonyl (C=O) groups excluding carboxylic acids is 1. The molecule has 0 bridgehead atoms. The third-order valence-corrected chi connectivity index (χ3v) is 4.25. The van der Waals surface area contributed by atoms with Crippen molar-refractivity contribution >= 4 is 34.0 Å². The van der Waals surface area contributed by atoms with E-state index in [9.17, 15) is 4.79 Å². The minimum atomic E-state index is -0.416. The zero-order valence-electron chi connectivity index (χ0n) is 9.90. The molecule has 94 valence electrons. The van der Waals surface area contributed by atoms with Gasteiger partial charge in [-0.25, -0.2) is 9.78 Å². The van der Waals surface area contributed by atoms with E-state index in [2.05, 4.69) is 21.5 Å². The van der Waals surface area contributed by atoms with Crippen LogP contribution in [0, 0.1) is 5.92 Å². The molecule has 1 heterocycles. The standard InChI is InChI=1S/C11H15ClN2O2S/c1-3-14(6-7-4-5-7)11-13-9(12)8(17-11)10(15)16-2/h7H,3-6H2,1-2H3. The number of hydrogen-bond acceptors (Lipinski definition) is 5. The Morgan fingerprint density at radius 2 is 2.35 bits per heavy atom. The summed E-state index contributed by atoms with van der Waals surface area (Å²) in [6, 6.07) is 0. The minimum absolute atomic E-state index is 0.242. The van der Waals surface area contributed by atoms with Gasteiger partial charge in [0, 0.05) is 13.1 Å². The second-order valence-corrected chi connectivity index (χ2v) is 5.43. The van der Waals surface area contributed by atoms with Gasteiger partial charge in [-0.2, -0.15) is 0 Å². The molecule has 4 nitrogen and oxygen atoms in total. The van der Waals surface area contributed by atoms with E-state index in [1.807, 2.05) is 0 Å². The summed E-state index contributed by atoms with van der Waals surface area (Å²) in [5.41, 5.74) is 0. The number of anilines is 1. The minimum Gasteiger partial charge on any atom is -0.465 e. The Bertz CT molecular complexity index is 418. The van der Waals surface area contributed by atoms with Gasteiger partial charge in [0.1, 0.15) is 0 Å². The van der Waals surface area contributed by atoms with Crippen molar-refractivity contribution in [2.45, 2.75) is 19.8 Å². The number of ether oxygens (including phenoxy) is 1. The van der Waals surface area contributed by atoms with Crippen molar-refractivity contribution in [3.63, 3.8) is 0 Å². The summed E-state index contributed by atoms with van der Waals surface area (Å²) in [6.45, 7) is 3.96. The fourth-order valence-corrected chi connectivity index (χ4v) is 2.87. The lowest BCUT2D eigenvalue weighted by Crippen LogP contribution is -2.24. The first-order valence-corrected chi connectivity index (χ1v) is 6.84. The van der Waals surface area contributed by atoms with Crippen molar-refractivity contribution in [3.05, 3.63) is 10.0 Å². The summed E-state index contributed by atoms with van der Waals surface area (Å²) in [6.07, 6.45) is 2.58. The van der Waals surface area contributed by atoms with Crippen molar-refractivity contribution in [2.75, 3.05) is 25.1 Å². The van der Waals surface area contributed by atoms with E-state index < -0.39 is 5.97 Å². The van der Waals surface area contributed by atoms with E-state index in [-0.39, 0.29) is 5.15 Å². The van der Waals surface area contributed by atoms with Crippen molar-refractivity contribution in [1.82, 2.24) is 4.98 Å². The van der Waals surface area contributed by atoms with Crippen LogP contribution < -0.4 is 4.90 Å². The normalized spacial score (nSPS) is 14.8. The third kappa shape index (κ3) is 2.90. The Morgan fingerprint density at radius 3 is 2.88 bits per heavy atom. The van der Waals surface area contributed by atoms with Crippen LogP contribution in [-0.2, 0) is 4.74 Å². The monoisotopic (exact) mass is 274 g/mol. The maximum absolute atomic E-state index is 11.4. The molecule has 17 heavy (non-hydrogen) atoms. The molecule has 1 aliphatic carbocycles. The van der Waals surface area contributed by atoms with Gasteiger partial charge in [0.05, 0.1) is 7.11 Å². The number of methoxy groups -OCH3 is 1. The molecular weight excluding hydrogens is 260 g/mol. The molecule has 1 aromatic heterocycles. The molecule has 0 unspecified atom stereocenters. The van der Waals surface area contributed by atoms with E-state index >= 15 is 0 Å². The molecule has 0 amide bonds. The van der Waals surface area contributed by atoms with E-state index in [1.165, 1.54) is 31.3 Å². The number of nitrogens with zero attached hydrogens (tertiary/aromatic N) is 2. The Balaban J connectivity index is 2.16. The predicted octanol–water partition coefficient (Wildman–Crippen LogP) is 2.82. The molecule has 0 aromatic carbocycles. The van der Waals surface area contributed by atoms with Crippen LogP contribution >= 0.6 is 22.9 Å². The first-order valence-electron chi connectivity index (χ1n) is 5.65. The number of esters is 1. The molecule has 0 radical (unpaired) electrons. The van der Waals surface area contributed by atoms with Crippen molar-refractivity contribution in [2.24, 2.45) is 5.92 Å². The summed E-state index contributed by atoms with van der Waals surface area (Å²) < 4.78 is 4.67. The Kier molecular flexibility index (Phi) is 3.89. The Hall–Kier alpha value is -0.810. The fourth-order valence-electron chi connectivity index (χ4n) is 1.60. The van der Waals surface area contributed by atoms with Gasteiger partial charge in [-0.3, -0.25) is 0 Å². The summed E-state index contributed by atoms with van der Waals surface area (Å²) in [4.78, 5) is 18.2. The van der Waals surface area contributed by atoms with Gasteiger partial charge in [-0.1, -0.05) is 22.9 Å². The van der Waals surface area contributed by atoms with E-state index in [1.54, 1.807) is 0 Å². The summed E-state index contributed by atoms with van der Waals surface area (Å²) in [5, 5.41) is 1.05. The smallest absolute Gasteiger partial charge is 0.351 e. The first kappa shape index (κ1) is 12.6. The van der Waals surface area contributed by atoms with Crippen molar-refractivity contribution < 1.29 is 9.53 Å². The topological polar surface area (TPSA) is 42.4 Å².